The van der Waals surface area contributed by atoms with Gasteiger partial charge in [-0.1, -0.05) is 29.8 Å². The average molecular weight is 419 g/mol. The molecule has 0 radical (unpaired) electrons. The molecular weight excluding hydrogens is 392 g/mol. The molecule has 8 nitrogen and oxygen atoms in total. The minimum absolute atomic E-state index is 0.456. The first kappa shape index (κ1) is 20.9. The van der Waals surface area contributed by atoms with Crippen molar-refractivity contribution in [2.75, 3.05) is 37.8 Å². The first-order valence-electron chi connectivity index (χ1n) is 10.4. The number of pyridine rings is 1. The molecule has 0 aliphatic carbocycles. The van der Waals surface area contributed by atoms with E-state index < -0.39 is 0 Å². The van der Waals surface area contributed by atoms with Gasteiger partial charge in [-0.15, -0.1) is 5.11 Å². The summed E-state index contributed by atoms with van der Waals surface area (Å²) >= 11 is 0. The smallest absolute Gasteiger partial charge is 0.217 e. The summed E-state index contributed by atoms with van der Waals surface area (Å²) in [6.45, 7) is 6.08. The van der Waals surface area contributed by atoms with Crippen LogP contribution >= 0.6 is 0 Å². The highest BCUT2D eigenvalue weighted by molar-refractivity contribution is 5.55. The highest BCUT2D eigenvalue weighted by Crippen LogP contribution is 2.26. The Morgan fingerprint density at radius 3 is 2.84 bits per heavy atom. The van der Waals surface area contributed by atoms with Gasteiger partial charge < -0.3 is 14.4 Å². The van der Waals surface area contributed by atoms with Crippen LogP contribution in [0.5, 0.6) is 5.88 Å². The van der Waals surface area contributed by atoms with Gasteiger partial charge in [-0.3, -0.25) is 9.97 Å². The fourth-order valence-electron chi connectivity index (χ4n) is 3.33. The SMILES string of the molecule is Cc1cccc(CN=Nc2cc(N3CCOCC3)cc(OCCc3cnccn3)n2)c1. The quantitative estimate of drug-likeness (QED) is 0.516. The molecule has 2 aromatic heterocycles. The number of aryl methyl sites for hydroxylation is 1. The Labute approximate surface area is 182 Å². The molecule has 3 heterocycles. The van der Waals surface area contributed by atoms with Crippen LogP contribution in [0.1, 0.15) is 16.8 Å². The molecule has 1 fully saturated rings. The van der Waals surface area contributed by atoms with Gasteiger partial charge in [0.25, 0.3) is 0 Å². The van der Waals surface area contributed by atoms with Gasteiger partial charge in [-0.25, -0.2) is 0 Å². The standard InChI is InChI=1S/C23H26N6O2/c1-18-3-2-4-19(13-18)16-26-28-22-14-21(29-8-11-30-12-9-29)15-23(27-22)31-10-5-20-17-24-6-7-25-20/h2-4,6-7,13-15,17H,5,8-12,16H2,1H3. The van der Waals surface area contributed by atoms with Crippen LogP contribution in [0.4, 0.5) is 11.5 Å². The van der Waals surface area contributed by atoms with Crippen LogP contribution in [0.2, 0.25) is 0 Å². The number of morpholine rings is 1. The zero-order chi connectivity index (χ0) is 21.3. The first-order chi connectivity index (χ1) is 15.3. The Balaban J connectivity index is 1.47. The third-order valence-electron chi connectivity index (χ3n) is 4.88. The normalized spacial score (nSPS) is 14.2. The molecule has 1 aromatic carbocycles. The Bertz CT molecular complexity index is 1010. The number of rotatable bonds is 8. The van der Waals surface area contributed by atoms with Gasteiger partial charge in [0.05, 0.1) is 32.1 Å². The minimum atomic E-state index is 0.456. The molecule has 0 N–H and O–H groups in total. The second-order valence-electron chi connectivity index (χ2n) is 7.31. The number of azo groups is 1. The third kappa shape index (κ3) is 6.29. The molecule has 4 rings (SSSR count). The van der Waals surface area contributed by atoms with Crippen molar-refractivity contribution in [2.45, 2.75) is 19.9 Å². The fraction of sp³-hybridized carbons (Fsp3) is 0.348. The number of hydrogen-bond acceptors (Lipinski definition) is 8. The molecule has 1 aliphatic rings. The van der Waals surface area contributed by atoms with E-state index >= 15 is 0 Å². The second-order valence-corrected chi connectivity index (χ2v) is 7.31. The molecule has 8 heteroatoms. The maximum Gasteiger partial charge on any atom is 0.217 e. The van der Waals surface area contributed by atoms with E-state index in [1.54, 1.807) is 18.6 Å². The maximum atomic E-state index is 5.92. The van der Waals surface area contributed by atoms with E-state index in [1.165, 1.54) is 5.56 Å². The monoisotopic (exact) mass is 418 g/mol. The Kier molecular flexibility index (Phi) is 7.12. The van der Waals surface area contributed by atoms with Crippen molar-refractivity contribution < 1.29 is 9.47 Å². The van der Waals surface area contributed by atoms with Gasteiger partial charge in [0.1, 0.15) is 0 Å². The van der Waals surface area contributed by atoms with Crippen molar-refractivity contribution >= 4 is 11.5 Å². The predicted molar refractivity (Wildman–Crippen MR) is 118 cm³/mol. The largest absolute Gasteiger partial charge is 0.477 e. The maximum absolute atomic E-state index is 5.92. The van der Waals surface area contributed by atoms with E-state index in [4.69, 9.17) is 9.47 Å². The van der Waals surface area contributed by atoms with E-state index in [-0.39, 0.29) is 0 Å². The highest BCUT2D eigenvalue weighted by atomic mass is 16.5. The van der Waals surface area contributed by atoms with Crippen LogP contribution in [-0.4, -0.2) is 47.9 Å². The van der Waals surface area contributed by atoms with Crippen molar-refractivity contribution in [3.63, 3.8) is 0 Å². The summed E-state index contributed by atoms with van der Waals surface area (Å²) < 4.78 is 11.4. The van der Waals surface area contributed by atoms with Crippen molar-refractivity contribution in [2.24, 2.45) is 10.2 Å². The number of aromatic nitrogens is 3. The van der Waals surface area contributed by atoms with Crippen LogP contribution < -0.4 is 9.64 Å². The van der Waals surface area contributed by atoms with Gasteiger partial charge in [0.15, 0.2) is 5.82 Å². The molecule has 0 unspecified atom stereocenters. The molecule has 0 bridgehead atoms. The lowest BCUT2D eigenvalue weighted by Crippen LogP contribution is -2.36. The number of ether oxygens (including phenoxy) is 2. The van der Waals surface area contributed by atoms with Crippen LogP contribution in [-0.2, 0) is 17.7 Å². The summed E-state index contributed by atoms with van der Waals surface area (Å²) in [5, 5.41) is 8.72. The van der Waals surface area contributed by atoms with Gasteiger partial charge in [-0.2, -0.15) is 10.1 Å². The summed E-state index contributed by atoms with van der Waals surface area (Å²) in [5.41, 5.74) is 4.22. The minimum Gasteiger partial charge on any atom is -0.477 e. The van der Waals surface area contributed by atoms with Crippen LogP contribution in [0.3, 0.4) is 0 Å². The molecular formula is C23H26N6O2. The summed E-state index contributed by atoms with van der Waals surface area (Å²) in [6, 6.07) is 12.1. The topological polar surface area (TPSA) is 85.1 Å². The van der Waals surface area contributed by atoms with E-state index in [0.29, 0.717) is 44.5 Å². The molecule has 1 aliphatic heterocycles. The zero-order valence-electron chi connectivity index (χ0n) is 17.6. The van der Waals surface area contributed by atoms with Gasteiger partial charge in [0, 0.05) is 55.9 Å². The van der Waals surface area contributed by atoms with E-state index in [9.17, 15) is 0 Å². The molecule has 160 valence electrons. The molecule has 3 aromatic rings. The molecule has 31 heavy (non-hydrogen) atoms. The molecule has 0 amide bonds. The van der Waals surface area contributed by atoms with Crippen LogP contribution in [0.25, 0.3) is 0 Å². The predicted octanol–water partition coefficient (Wildman–Crippen LogP) is 3.92. The van der Waals surface area contributed by atoms with Crippen LogP contribution in [0.15, 0.2) is 65.2 Å². The molecule has 1 saturated heterocycles. The molecule has 0 atom stereocenters. The average Bonchev–Trinajstić information content (AvgIpc) is 2.80. The van der Waals surface area contributed by atoms with E-state index in [2.05, 4.69) is 49.1 Å². The highest BCUT2D eigenvalue weighted by Gasteiger charge is 2.14. The number of hydrogen-bond donors (Lipinski definition) is 0. The zero-order valence-corrected chi connectivity index (χ0v) is 17.6. The van der Waals surface area contributed by atoms with Crippen molar-refractivity contribution in [1.29, 1.82) is 0 Å². The number of benzene rings is 1. The van der Waals surface area contributed by atoms with Gasteiger partial charge in [0.2, 0.25) is 5.88 Å². The Morgan fingerprint density at radius 1 is 1.13 bits per heavy atom. The van der Waals surface area contributed by atoms with Crippen molar-refractivity contribution in [3.05, 3.63) is 71.8 Å². The van der Waals surface area contributed by atoms with Crippen LogP contribution in [0, 0.1) is 6.92 Å². The second kappa shape index (κ2) is 10.6. The first-order valence-corrected chi connectivity index (χ1v) is 10.4. The van der Waals surface area contributed by atoms with Crippen molar-refractivity contribution in [1.82, 2.24) is 15.0 Å². The number of nitrogens with zero attached hydrogens (tertiary/aromatic N) is 6. The summed E-state index contributed by atoms with van der Waals surface area (Å²) in [4.78, 5) is 15.1. The summed E-state index contributed by atoms with van der Waals surface area (Å²) in [5.74, 6) is 1.06. The lowest BCUT2D eigenvalue weighted by molar-refractivity contribution is 0.122. The Hall–Kier alpha value is -3.39. The lowest BCUT2D eigenvalue weighted by atomic mass is 10.1. The molecule has 0 spiro atoms. The Morgan fingerprint density at radius 2 is 2.03 bits per heavy atom. The van der Waals surface area contributed by atoms with Gasteiger partial charge >= 0.3 is 0 Å². The summed E-state index contributed by atoms with van der Waals surface area (Å²) in [6.07, 6.45) is 5.73. The van der Waals surface area contributed by atoms with E-state index in [1.807, 2.05) is 24.3 Å². The number of anilines is 1. The molecule has 0 saturated carbocycles. The fourth-order valence-corrected chi connectivity index (χ4v) is 3.33. The lowest BCUT2D eigenvalue weighted by Gasteiger charge is -2.29. The van der Waals surface area contributed by atoms with E-state index in [0.717, 1.165) is 30.0 Å². The van der Waals surface area contributed by atoms with Crippen molar-refractivity contribution in [3.8, 4) is 5.88 Å². The van der Waals surface area contributed by atoms with Gasteiger partial charge in [-0.05, 0) is 12.5 Å². The summed E-state index contributed by atoms with van der Waals surface area (Å²) in [7, 11) is 0. The third-order valence-corrected chi connectivity index (χ3v) is 4.88.